The van der Waals surface area contributed by atoms with Crippen LogP contribution in [0.1, 0.15) is 33.1 Å². The van der Waals surface area contributed by atoms with Gasteiger partial charge in [0.15, 0.2) is 0 Å². The number of carbonyl (C=O) groups is 2. The normalized spacial score (nSPS) is 30.2. The molecular formula is C14H24N2O2. The third kappa shape index (κ3) is 2.91. The van der Waals surface area contributed by atoms with Crippen LogP contribution in [0.2, 0.25) is 0 Å². The third-order valence-corrected chi connectivity index (χ3v) is 4.43. The van der Waals surface area contributed by atoms with E-state index >= 15 is 0 Å². The van der Waals surface area contributed by atoms with Crippen molar-refractivity contribution in [3.8, 4) is 0 Å². The summed E-state index contributed by atoms with van der Waals surface area (Å²) in [6, 6.07) is 0. The molecule has 1 amide bonds. The van der Waals surface area contributed by atoms with Gasteiger partial charge in [0.1, 0.15) is 5.78 Å². The zero-order valence-corrected chi connectivity index (χ0v) is 11.4. The summed E-state index contributed by atoms with van der Waals surface area (Å²) in [6.45, 7) is 7.19. The lowest BCUT2D eigenvalue weighted by Gasteiger charge is -2.38. The summed E-state index contributed by atoms with van der Waals surface area (Å²) in [7, 11) is 0. The van der Waals surface area contributed by atoms with Crippen LogP contribution in [0.4, 0.5) is 0 Å². The van der Waals surface area contributed by atoms with Crippen molar-refractivity contribution in [3.05, 3.63) is 0 Å². The van der Waals surface area contributed by atoms with E-state index in [2.05, 4.69) is 12.2 Å². The van der Waals surface area contributed by atoms with Crippen molar-refractivity contribution in [2.75, 3.05) is 26.2 Å². The van der Waals surface area contributed by atoms with Crippen LogP contribution in [0.5, 0.6) is 0 Å². The number of piperidine rings is 2. The lowest BCUT2D eigenvalue weighted by atomic mass is 9.83. The maximum absolute atomic E-state index is 12.4. The largest absolute Gasteiger partial charge is 0.342 e. The first-order valence-electron chi connectivity index (χ1n) is 7.09. The molecule has 2 atom stereocenters. The third-order valence-electron chi connectivity index (χ3n) is 4.43. The lowest BCUT2D eigenvalue weighted by Crippen LogP contribution is -2.48. The van der Waals surface area contributed by atoms with Gasteiger partial charge in [-0.05, 0) is 45.2 Å². The van der Waals surface area contributed by atoms with Gasteiger partial charge < -0.3 is 10.2 Å². The number of hydrogen-bond donors (Lipinski definition) is 1. The van der Waals surface area contributed by atoms with Crippen LogP contribution >= 0.6 is 0 Å². The standard InChI is InChI=1S/C14H24N2O2/c1-10-9-16(8-5-13(10)11(2)17)14(18)12-3-6-15-7-4-12/h10,12-13,15H,3-9H2,1-2H3. The Bertz CT molecular complexity index is 324. The summed E-state index contributed by atoms with van der Waals surface area (Å²) >= 11 is 0. The van der Waals surface area contributed by atoms with Crippen molar-refractivity contribution in [1.29, 1.82) is 0 Å². The number of ketones is 1. The Morgan fingerprint density at radius 2 is 1.83 bits per heavy atom. The van der Waals surface area contributed by atoms with Crippen molar-refractivity contribution in [2.45, 2.75) is 33.1 Å². The molecule has 2 heterocycles. The maximum atomic E-state index is 12.4. The van der Waals surface area contributed by atoms with Gasteiger partial charge in [-0.3, -0.25) is 9.59 Å². The molecular weight excluding hydrogens is 228 g/mol. The van der Waals surface area contributed by atoms with Crippen molar-refractivity contribution in [2.24, 2.45) is 17.8 Å². The van der Waals surface area contributed by atoms with Crippen LogP contribution < -0.4 is 5.32 Å². The molecule has 4 nitrogen and oxygen atoms in total. The zero-order chi connectivity index (χ0) is 13.1. The number of carbonyl (C=O) groups excluding carboxylic acids is 2. The molecule has 0 spiro atoms. The molecule has 1 N–H and O–H groups in total. The fourth-order valence-electron chi connectivity index (χ4n) is 3.28. The van der Waals surface area contributed by atoms with Gasteiger partial charge in [-0.2, -0.15) is 0 Å². The highest BCUT2D eigenvalue weighted by Gasteiger charge is 2.33. The van der Waals surface area contributed by atoms with Gasteiger partial charge in [0, 0.05) is 24.9 Å². The Kier molecular flexibility index (Phi) is 4.38. The maximum Gasteiger partial charge on any atom is 0.225 e. The van der Waals surface area contributed by atoms with Gasteiger partial charge in [0.25, 0.3) is 0 Å². The van der Waals surface area contributed by atoms with Crippen LogP contribution in [-0.4, -0.2) is 42.8 Å². The molecule has 2 aliphatic heterocycles. The van der Waals surface area contributed by atoms with Crippen LogP contribution in [0.25, 0.3) is 0 Å². The molecule has 2 aliphatic rings. The van der Waals surface area contributed by atoms with E-state index in [9.17, 15) is 9.59 Å². The van der Waals surface area contributed by atoms with E-state index in [0.29, 0.717) is 11.8 Å². The number of hydrogen-bond acceptors (Lipinski definition) is 3. The van der Waals surface area contributed by atoms with E-state index < -0.39 is 0 Å². The molecule has 0 aromatic carbocycles. The fraction of sp³-hybridized carbons (Fsp3) is 0.857. The average molecular weight is 252 g/mol. The van der Waals surface area contributed by atoms with Gasteiger partial charge >= 0.3 is 0 Å². The van der Waals surface area contributed by atoms with E-state index in [-0.39, 0.29) is 17.6 Å². The van der Waals surface area contributed by atoms with Crippen molar-refractivity contribution in [3.63, 3.8) is 0 Å². The van der Waals surface area contributed by atoms with Gasteiger partial charge in [0.05, 0.1) is 0 Å². The van der Waals surface area contributed by atoms with Gasteiger partial charge in [-0.25, -0.2) is 0 Å². The van der Waals surface area contributed by atoms with Crippen molar-refractivity contribution in [1.82, 2.24) is 10.2 Å². The smallest absolute Gasteiger partial charge is 0.225 e. The van der Waals surface area contributed by atoms with Crippen LogP contribution in [-0.2, 0) is 9.59 Å². The highest BCUT2D eigenvalue weighted by atomic mass is 16.2. The van der Waals surface area contributed by atoms with Gasteiger partial charge in [0.2, 0.25) is 5.91 Å². The lowest BCUT2D eigenvalue weighted by molar-refractivity contribution is -0.141. The highest BCUT2D eigenvalue weighted by Crippen LogP contribution is 2.26. The summed E-state index contributed by atoms with van der Waals surface area (Å²) < 4.78 is 0. The van der Waals surface area contributed by atoms with Crippen LogP contribution in [0.3, 0.4) is 0 Å². The monoisotopic (exact) mass is 252 g/mol. The van der Waals surface area contributed by atoms with Gasteiger partial charge in [-0.15, -0.1) is 0 Å². The van der Waals surface area contributed by atoms with E-state index in [1.54, 1.807) is 6.92 Å². The van der Waals surface area contributed by atoms with Crippen molar-refractivity contribution < 1.29 is 9.59 Å². The molecule has 18 heavy (non-hydrogen) atoms. The summed E-state index contributed by atoms with van der Waals surface area (Å²) in [5, 5.41) is 3.29. The molecule has 0 saturated carbocycles. The predicted octanol–water partition coefficient (Wildman–Crippen LogP) is 1.06. The summed E-state index contributed by atoms with van der Waals surface area (Å²) in [5.41, 5.74) is 0. The summed E-state index contributed by atoms with van der Waals surface area (Å²) in [4.78, 5) is 25.9. The first kappa shape index (κ1) is 13.5. The molecule has 2 unspecified atom stereocenters. The molecule has 4 heteroatoms. The van der Waals surface area contributed by atoms with E-state index in [0.717, 1.165) is 45.4 Å². The second-order valence-corrected chi connectivity index (χ2v) is 5.79. The molecule has 2 rings (SSSR count). The minimum absolute atomic E-state index is 0.155. The first-order valence-corrected chi connectivity index (χ1v) is 7.09. The Hall–Kier alpha value is -0.900. The summed E-state index contributed by atoms with van der Waals surface area (Å²) in [6.07, 6.45) is 2.76. The molecule has 0 aromatic heterocycles. The Labute approximate surface area is 109 Å². The summed E-state index contributed by atoms with van der Waals surface area (Å²) in [5.74, 6) is 1.25. The number of nitrogens with one attached hydrogen (secondary N) is 1. The first-order chi connectivity index (χ1) is 8.59. The number of likely N-dealkylation sites (tertiary alicyclic amines) is 1. The quantitative estimate of drug-likeness (QED) is 0.799. The van der Waals surface area contributed by atoms with Crippen LogP contribution in [0, 0.1) is 17.8 Å². The van der Waals surface area contributed by atoms with E-state index in [1.807, 2.05) is 4.90 Å². The Morgan fingerprint density at radius 1 is 1.17 bits per heavy atom. The minimum Gasteiger partial charge on any atom is -0.342 e. The minimum atomic E-state index is 0.155. The second kappa shape index (κ2) is 5.83. The number of amides is 1. The van der Waals surface area contributed by atoms with E-state index in [1.165, 1.54) is 0 Å². The Morgan fingerprint density at radius 3 is 2.39 bits per heavy atom. The number of rotatable bonds is 2. The molecule has 2 fully saturated rings. The van der Waals surface area contributed by atoms with E-state index in [4.69, 9.17) is 0 Å². The average Bonchev–Trinajstić information content (AvgIpc) is 2.38. The highest BCUT2D eigenvalue weighted by molar-refractivity contribution is 5.81. The number of nitrogens with zero attached hydrogens (tertiary/aromatic N) is 1. The van der Waals surface area contributed by atoms with Gasteiger partial charge in [-0.1, -0.05) is 6.92 Å². The topological polar surface area (TPSA) is 49.4 Å². The molecule has 102 valence electrons. The van der Waals surface area contributed by atoms with Crippen LogP contribution in [0.15, 0.2) is 0 Å². The molecule has 0 aromatic rings. The molecule has 0 radical (unpaired) electrons. The zero-order valence-electron chi connectivity index (χ0n) is 11.4. The molecule has 0 aliphatic carbocycles. The second-order valence-electron chi connectivity index (χ2n) is 5.79. The number of Topliss-reactive ketones (excluding diaryl/α,β-unsaturated/α-hetero) is 1. The molecule has 2 saturated heterocycles. The SMILES string of the molecule is CC(=O)C1CCN(C(=O)C2CCNCC2)CC1C. The van der Waals surface area contributed by atoms with Crippen molar-refractivity contribution >= 4 is 11.7 Å². The fourth-order valence-corrected chi connectivity index (χ4v) is 3.28. The predicted molar refractivity (Wildman–Crippen MR) is 70.1 cm³/mol. The molecule has 0 bridgehead atoms. The Balaban J connectivity index is 1.91.